The molecule has 1 aromatic carbocycles. The Bertz CT molecular complexity index is 762. The molecule has 1 aliphatic carbocycles. The maximum Gasteiger partial charge on any atom is 0.276 e. The predicted octanol–water partition coefficient (Wildman–Crippen LogP) is 3.65. The summed E-state index contributed by atoms with van der Waals surface area (Å²) in [5.74, 6) is 0.945. The van der Waals surface area contributed by atoms with Gasteiger partial charge >= 0.3 is 0 Å². The second-order valence-electron chi connectivity index (χ2n) is 5.93. The van der Waals surface area contributed by atoms with E-state index in [0.717, 1.165) is 23.3 Å². The lowest BCUT2D eigenvalue weighted by atomic mass is 9.85. The van der Waals surface area contributed by atoms with Crippen LogP contribution in [0.15, 0.2) is 58.1 Å². The molecular weight excluding hydrogens is 324 g/mol. The van der Waals surface area contributed by atoms with Crippen molar-refractivity contribution in [3.63, 3.8) is 0 Å². The second kappa shape index (κ2) is 7.66. The Kier molecular flexibility index (Phi) is 5.83. The van der Waals surface area contributed by atoms with Crippen LogP contribution in [-0.2, 0) is 10.0 Å². The average Bonchev–Trinajstić information content (AvgIpc) is 2.55. The van der Waals surface area contributed by atoms with Crippen molar-refractivity contribution in [1.29, 1.82) is 0 Å². The first-order chi connectivity index (χ1) is 11.3. The van der Waals surface area contributed by atoms with Crippen LogP contribution in [0.25, 0.3) is 0 Å². The maximum atomic E-state index is 12.4. The fourth-order valence-electron chi connectivity index (χ4n) is 2.47. The standard InChI is InChI=1S/C18H24N2O3S/c1-5-23-16-8-10-17(11-9-16)24(21,22)20-19-18-12-15(13(2)3)7-6-14(18)4/h6,8-11,15,20H,2,5,7,12H2,1,3-4H3/t15-/m0/s1. The molecule has 24 heavy (non-hydrogen) atoms. The van der Waals surface area contributed by atoms with Gasteiger partial charge in [0, 0.05) is 0 Å². The third-order valence-corrected chi connectivity index (χ3v) is 5.27. The quantitative estimate of drug-likeness (QED) is 0.630. The molecule has 0 amide bonds. The van der Waals surface area contributed by atoms with Crippen LogP contribution in [0, 0.1) is 5.92 Å². The number of benzene rings is 1. The number of sulfonamides is 1. The molecule has 0 fully saturated rings. The Morgan fingerprint density at radius 3 is 2.62 bits per heavy atom. The van der Waals surface area contributed by atoms with Crippen molar-refractivity contribution in [2.75, 3.05) is 6.61 Å². The zero-order valence-corrected chi connectivity index (χ0v) is 15.2. The molecule has 0 heterocycles. The first-order valence-electron chi connectivity index (χ1n) is 7.97. The van der Waals surface area contributed by atoms with Gasteiger partial charge in [-0.3, -0.25) is 0 Å². The molecule has 0 saturated heterocycles. The summed E-state index contributed by atoms with van der Waals surface area (Å²) in [6.07, 6.45) is 3.70. The van der Waals surface area contributed by atoms with E-state index in [2.05, 4.69) is 22.6 Å². The topological polar surface area (TPSA) is 67.8 Å². The Morgan fingerprint density at radius 2 is 2.04 bits per heavy atom. The molecule has 0 aliphatic heterocycles. The molecule has 0 aromatic heterocycles. The SMILES string of the molecule is C=C(C)[C@H]1CC=C(C)C(=NNS(=O)(=O)c2ccc(OCC)cc2)C1. The highest BCUT2D eigenvalue weighted by Crippen LogP contribution is 2.26. The smallest absolute Gasteiger partial charge is 0.276 e. The third kappa shape index (κ3) is 4.47. The minimum Gasteiger partial charge on any atom is -0.494 e. The molecule has 5 nitrogen and oxygen atoms in total. The van der Waals surface area contributed by atoms with Gasteiger partial charge in [0.15, 0.2) is 0 Å². The maximum absolute atomic E-state index is 12.4. The fourth-order valence-corrected chi connectivity index (χ4v) is 3.30. The molecule has 0 spiro atoms. The zero-order valence-electron chi connectivity index (χ0n) is 14.4. The highest BCUT2D eigenvalue weighted by molar-refractivity contribution is 7.89. The van der Waals surface area contributed by atoms with Crippen molar-refractivity contribution >= 4 is 15.7 Å². The minimum atomic E-state index is -3.70. The highest BCUT2D eigenvalue weighted by Gasteiger charge is 2.20. The summed E-state index contributed by atoms with van der Waals surface area (Å²) in [6.45, 7) is 10.3. The van der Waals surface area contributed by atoms with E-state index in [1.807, 2.05) is 20.8 Å². The number of nitrogens with one attached hydrogen (secondary N) is 1. The van der Waals surface area contributed by atoms with Gasteiger partial charge in [0.2, 0.25) is 0 Å². The first kappa shape index (κ1) is 18.3. The fraction of sp³-hybridized carbons (Fsp3) is 0.389. The summed E-state index contributed by atoms with van der Waals surface area (Å²) in [4.78, 5) is 2.49. The Balaban J connectivity index is 2.15. The lowest BCUT2D eigenvalue weighted by Gasteiger charge is -2.22. The lowest BCUT2D eigenvalue weighted by molar-refractivity contribution is 0.340. The monoisotopic (exact) mass is 348 g/mol. The van der Waals surface area contributed by atoms with E-state index in [4.69, 9.17) is 4.74 Å². The van der Waals surface area contributed by atoms with Crippen molar-refractivity contribution in [2.45, 2.75) is 38.5 Å². The van der Waals surface area contributed by atoms with Crippen molar-refractivity contribution in [2.24, 2.45) is 11.0 Å². The van der Waals surface area contributed by atoms with Crippen LogP contribution in [0.1, 0.15) is 33.6 Å². The molecular formula is C18H24N2O3S. The van der Waals surface area contributed by atoms with Gasteiger partial charge in [0.05, 0.1) is 17.2 Å². The molecule has 0 bridgehead atoms. The van der Waals surface area contributed by atoms with Crippen LogP contribution < -0.4 is 9.57 Å². The number of allylic oxidation sites excluding steroid dienone is 3. The molecule has 2 rings (SSSR count). The van der Waals surface area contributed by atoms with Crippen molar-refractivity contribution in [3.05, 3.63) is 48.1 Å². The number of hydrogen-bond acceptors (Lipinski definition) is 4. The van der Waals surface area contributed by atoms with Crippen LogP contribution in [0.2, 0.25) is 0 Å². The lowest BCUT2D eigenvalue weighted by Crippen LogP contribution is -2.23. The van der Waals surface area contributed by atoms with E-state index in [9.17, 15) is 8.42 Å². The molecule has 1 aliphatic rings. The van der Waals surface area contributed by atoms with Crippen molar-refractivity contribution in [3.8, 4) is 5.75 Å². The van der Waals surface area contributed by atoms with E-state index < -0.39 is 10.0 Å². The second-order valence-corrected chi connectivity index (χ2v) is 7.59. The van der Waals surface area contributed by atoms with Crippen molar-refractivity contribution in [1.82, 2.24) is 4.83 Å². The summed E-state index contributed by atoms with van der Waals surface area (Å²) in [7, 11) is -3.70. The number of ether oxygens (including phenoxy) is 1. The molecule has 1 N–H and O–H groups in total. The summed E-state index contributed by atoms with van der Waals surface area (Å²) < 4.78 is 30.1. The van der Waals surface area contributed by atoms with Crippen LogP contribution >= 0.6 is 0 Å². The summed E-state index contributed by atoms with van der Waals surface area (Å²) in [6, 6.07) is 6.28. The third-order valence-electron chi connectivity index (χ3n) is 4.05. The van der Waals surface area contributed by atoms with Gasteiger partial charge < -0.3 is 4.74 Å². The molecule has 1 atom stereocenters. The number of nitrogens with zero attached hydrogens (tertiary/aromatic N) is 1. The van der Waals surface area contributed by atoms with Gasteiger partial charge in [0.1, 0.15) is 5.75 Å². The first-order valence-corrected chi connectivity index (χ1v) is 9.45. The Morgan fingerprint density at radius 1 is 1.38 bits per heavy atom. The van der Waals surface area contributed by atoms with Crippen LogP contribution in [0.3, 0.4) is 0 Å². The summed E-state index contributed by atoms with van der Waals surface area (Å²) in [5, 5.41) is 4.14. The molecule has 1 aromatic rings. The Hall–Kier alpha value is -2.08. The van der Waals surface area contributed by atoms with Crippen LogP contribution in [0.5, 0.6) is 5.75 Å². The molecule has 130 valence electrons. The van der Waals surface area contributed by atoms with Crippen molar-refractivity contribution < 1.29 is 13.2 Å². The predicted molar refractivity (Wildman–Crippen MR) is 96.7 cm³/mol. The number of rotatable bonds is 6. The van der Waals surface area contributed by atoms with Crippen LogP contribution in [0.4, 0.5) is 0 Å². The van der Waals surface area contributed by atoms with Gasteiger partial charge in [0.25, 0.3) is 10.0 Å². The molecule has 0 radical (unpaired) electrons. The van der Waals surface area contributed by atoms with E-state index in [1.165, 1.54) is 12.1 Å². The van der Waals surface area contributed by atoms with Gasteiger partial charge in [-0.25, -0.2) is 0 Å². The van der Waals surface area contributed by atoms with Gasteiger partial charge in [-0.05, 0) is 69.4 Å². The zero-order chi connectivity index (χ0) is 17.7. The van der Waals surface area contributed by atoms with Crippen LogP contribution in [-0.4, -0.2) is 20.7 Å². The van der Waals surface area contributed by atoms with Gasteiger partial charge in [-0.1, -0.05) is 18.2 Å². The van der Waals surface area contributed by atoms with E-state index in [1.54, 1.807) is 12.1 Å². The molecule has 0 unspecified atom stereocenters. The highest BCUT2D eigenvalue weighted by atomic mass is 32.2. The largest absolute Gasteiger partial charge is 0.494 e. The summed E-state index contributed by atoms with van der Waals surface area (Å²) >= 11 is 0. The van der Waals surface area contributed by atoms with E-state index >= 15 is 0 Å². The van der Waals surface area contributed by atoms with E-state index in [0.29, 0.717) is 24.7 Å². The Labute approximate surface area is 144 Å². The minimum absolute atomic E-state index is 0.157. The van der Waals surface area contributed by atoms with Gasteiger partial charge in [-0.2, -0.15) is 18.4 Å². The number of hydrazone groups is 1. The normalized spacial score (nSPS) is 19.7. The van der Waals surface area contributed by atoms with Gasteiger partial charge in [-0.15, -0.1) is 0 Å². The average molecular weight is 348 g/mol. The molecule has 6 heteroatoms. The summed E-state index contributed by atoms with van der Waals surface area (Å²) in [5.41, 5.74) is 2.84. The van der Waals surface area contributed by atoms with E-state index in [-0.39, 0.29) is 4.90 Å². The number of hydrogen-bond donors (Lipinski definition) is 1. The molecule has 0 saturated carbocycles.